The van der Waals surface area contributed by atoms with Crippen molar-refractivity contribution in [3.05, 3.63) is 35.9 Å². The van der Waals surface area contributed by atoms with E-state index in [9.17, 15) is 13.2 Å². The first-order valence-electron chi connectivity index (χ1n) is 5.11. The Balaban J connectivity index is 2.65. The molecule has 0 saturated heterocycles. The number of nitrogens with one attached hydrogen (secondary N) is 1. The summed E-state index contributed by atoms with van der Waals surface area (Å²) < 4.78 is 25.2. The zero-order valence-electron chi connectivity index (χ0n) is 9.14. The summed E-state index contributed by atoms with van der Waals surface area (Å²) in [5, 5.41) is 0. The molecule has 5 heteroatoms. The highest BCUT2D eigenvalue weighted by Gasteiger charge is 2.16. The molecule has 0 radical (unpaired) electrons. The minimum absolute atomic E-state index is 0.365. The van der Waals surface area contributed by atoms with Gasteiger partial charge in [0.25, 0.3) is 0 Å². The predicted octanol–water partition coefficient (Wildman–Crippen LogP) is 1.20. The van der Waals surface area contributed by atoms with Crippen LogP contribution in [0.3, 0.4) is 0 Å². The maximum Gasteiger partial charge on any atom is 0.219 e. The van der Waals surface area contributed by atoms with Crippen LogP contribution in [-0.4, -0.2) is 26.5 Å². The summed E-state index contributed by atoms with van der Waals surface area (Å²) in [5.41, 5.74) is 0.421. The van der Waals surface area contributed by atoms with Gasteiger partial charge in [0.05, 0.1) is 0 Å². The SMILES string of the molecule is CCCNS(=O)(=O)CC(=O)c1ccccc1. The maximum absolute atomic E-state index is 11.6. The van der Waals surface area contributed by atoms with Gasteiger partial charge >= 0.3 is 0 Å². The summed E-state index contributed by atoms with van der Waals surface area (Å²) in [6.45, 7) is 2.23. The van der Waals surface area contributed by atoms with Gasteiger partial charge in [-0.15, -0.1) is 0 Å². The average molecular weight is 241 g/mol. The molecule has 0 aliphatic rings. The largest absolute Gasteiger partial charge is 0.293 e. The second-order valence-corrected chi connectivity index (χ2v) is 5.25. The van der Waals surface area contributed by atoms with Crippen molar-refractivity contribution < 1.29 is 13.2 Å². The van der Waals surface area contributed by atoms with Crippen molar-refractivity contribution in [1.82, 2.24) is 4.72 Å². The molecule has 0 saturated carbocycles. The average Bonchev–Trinajstić information content (AvgIpc) is 2.27. The molecule has 88 valence electrons. The van der Waals surface area contributed by atoms with E-state index in [1.54, 1.807) is 30.3 Å². The molecule has 0 aromatic heterocycles. The summed E-state index contributed by atoms with van der Waals surface area (Å²) >= 11 is 0. The number of Topliss-reactive ketones (excluding diaryl/α,β-unsaturated/α-hetero) is 1. The van der Waals surface area contributed by atoms with Crippen LogP contribution in [0, 0.1) is 0 Å². The number of hydrogen-bond acceptors (Lipinski definition) is 3. The van der Waals surface area contributed by atoms with E-state index in [0.717, 1.165) is 0 Å². The van der Waals surface area contributed by atoms with Gasteiger partial charge in [0.1, 0.15) is 5.75 Å². The molecule has 0 heterocycles. The highest BCUT2D eigenvalue weighted by atomic mass is 32.2. The molecule has 0 aliphatic carbocycles. The zero-order chi connectivity index (χ0) is 12.0. The lowest BCUT2D eigenvalue weighted by Gasteiger charge is -2.04. The molecule has 1 aromatic carbocycles. The Morgan fingerprint density at radius 1 is 1.25 bits per heavy atom. The third-order valence-electron chi connectivity index (χ3n) is 1.99. The van der Waals surface area contributed by atoms with Crippen LogP contribution < -0.4 is 4.72 Å². The van der Waals surface area contributed by atoms with Crippen molar-refractivity contribution in [3.8, 4) is 0 Å². The summed E-state index contributed by atoms with van der Waals surface area (Å²) in [4.78, 5) is 11.6. The van der Waals surface area contributed by atoms with E-state index in [-0.39, 0.29) is 5.78 Å². The smallest absolute Gasteiger partial charge is 0.219 e. The number of sulfonamides is 1. The Kier molecular flexibility index (Phi) is 4.64. The van der Waals surface area contributed by atoms with Crippen molar-refractivity contribution in [2.24, 2.45) is 0 Å². The van der Waals surface area contributed by atoms with Crippen LogP contribution in [0.15, 0.2) is 30.3 Å². The Morgan fingerprint density at radius 2 is 1.88 bits per heavy atom. The number of rotatable bonds is 6. The molecule has 1 rings (SSSR count). The highest BCUT2D eigenvalue weighted by Crippen LogP contribution is 2.01. The van der Waals surface area contributed by atoms with E-state index in [2.05, 4.69) is 4.72 Å². The summed E-state index contributed by atoms with van der Waals surface area (Å²) in [5.74, 6) is -0.874. The first-order valence-corrected chi connectivity index (χ1v) is 6.76. The number of hydrogen-bond donors (Lipinski definition) is 1. The van der Waals surface area contributed by atoms with E-state index in [0.29, 0.717) is 18.5 Å². The monoisotopic (exact) mass is 241 g/mol. The minimum atomic E-state index is -3.49. The molecule has 0 unspecified atom stereocenters. The summed E-state index contributed by atoms with van der Waals surface area (Å²) in [6.07, 6.45) is 0.707. The summed E-state index contributed by atoms with van der Waals surface area (Å²) in [6, 6.07) is 8.41. The number of benzene rings is 1. The van der Waals surface area contributed by atoms with Gasteiger partial charge < -0.3 is 0 Å². The molecule has 16 heavy (non-hydrogen) atoms. The first-order chi connectivity index (χ1) is 7.55. The normalized spacial score (nSPS) is 11.3. The van der Waals surface area contributed by atoms with Crippen molar-refractivity contribution in [3.63, 3.8) is 0 Å². The van der Waals surface area contributed by atoms with Gasteiger partial charge in [0.15, 0.2) is 5.78 Å². The van der Waals surface area contributed by atoms with Gasteiger partial charge in [-0.3, -0.25) is 4.79 Å². The van der Waals surface area contributed by atoms with Crippen molar-refractivity contribution >= 4 is 15.8 Å². The van der Waals surface area contributed by atoms with Gasteiger partial charge in [0, 0.05) is 12.1 Å². The van der Waals surface area contributed by atoms with Crippen LogP contribution >= 0.6 is 0 Å². The molecule has 0 bridgehead atoms. The predicted molar refractivity (Wildman–Crippen MR) is 62.9 cm³/mol. The molecule has 0 atom stereocenters. The third kappa shape index (κ3) is 4.12. The summed E-state index contributed by atoms with van der Waals surface area (Å²) in [7, 11) is -3.49. The standard InChI is InChI=1S/C11H15NO3S/c1-2-8-12-16(14,15)9-11(13)10-6-4-3-5-7-10/h3-7,12H,2,8-9H2,1H3. The maximum atomic E-state index is 11.6. The van der Waals surface area contributed by atoms with Gasteiger partial charge in [-0.1, -0.05) is 37.3 Å². The Hall–Kier alpha value is -1.20. The highest BCUT2D eigenvalue weighted by molar-refractivity contribution is 7.90. The Morgan fingerprint density at radius 3 is 2.44 bits per heavy atom. The van der Waals surface area contributed by atoms with E-state index in [1.165, 1.54) is 0 Å². The first kappa shape index (κ1) is 12.9. The van der Waals surface area contributed by atoms with Gasteiger partial charge in [0.2, 0.25) is 10.0 Å². The lowest BCUT2D eigenvalue weighted by molar-refractivity contribution is 0.102. The molecule has 0 fully saturated rings. The Labute approximate surface area is 95.7 Å². The van der Waals surface area contributed by atoms with Crippen LogP contribution in [-0.2, 0) is 10.0 Å². The van der Waals surface area contributed by atoms with E-state index in [4.69, 9.17) is 0 Å². The molecule has 0 aliphatic heterocycles. The van der Waals surface area contributed by atoms with Crippen LogP contribution in [0.1, 0.15) is 23.7 Å². The minimum Gasteiger partial charge on any atom is -0.293 e. The van der Waals surface area contributed by atoms with Gasteiger partial charge in [-0.25, -0.2) is 13.1 Å². The quantitative estimate of drug-likeness (QED) is 0.761. The molecule has 0 amide bonds. The zero-order valence-corrected chi connectivity index (χ0v) is 9.96. The molecular weight excluding hydrogens is 226 g/mol. The van der Waals surface area contributed by atoms with Gasteiger partial charge in [-0.05, 0) is 6.42 Å². The lowest BCUT2D eigenvalue weighted by atomic mass is 10.2. The molecule has 4 nitrogen and oxygen atoms in total. The number of carbonyl (C=O) groups excluding carboxylic acids is 1. The van der Waals surface area contributed by atoms with E-state index in [1.807, 2.05) is 6.92 Å². The third-order valence-corrected chi connectivity index (χ3v) is 3.28. The van der Waals surface area contributed by atoms with Crippen LogP contribution in [0.4, 0.5) is 0 Å². The fraction of sp³-hybridized carbons (Fsp3) is 0.364. The van der Waals surface area contributed by atoms with Crippen molar-refractivity contribution in [2.75, 3.05) is 12.3 Å². The van der Waals surface area contributed by atoms with Crippen molar-refractivity contribution in [1.29, 1.82) is 0 Å². The second-order valence-electron chi connectivity index (χ2n) is 3.44. The fourth-order valence-corrected chi connectivity index (χ4v) is 2.32. The van der Waals surface area contributed by atoms with Crippen molar-refractivity contribution in [2.45, 2.75) is 13.3 Å². The van der Waals surface area contributed by atoms with Crippen LogP contribution in [0.2, 0.25) is 0 Å². The van der Waals surface area contributed by atoms with E-state index < -0.39 is 15.8 Å². The molecule has 1 aromatic rings. The topological polar surface area (TPSA) is 63.2 Å². The number of ketones is 1. The molecule has 1 N–H and O–H groups in total. The Bertz CT molecular complexity index is 440. The van der Waals surface area contributed by atoms with Crippen LogP contribution in [0.25, 0.3) is 0 Å². The second kappa shape index (κ2) is 5.77. The lowest BCUT2D eigenvalue weighted by Crippen LogP contribution is -2.30. The molecule has 0 spiro atoms. The molecular formula is C11H15NO3S. The van der Waals surface area contributed by atoms with E-state index >= 15 is 0 Å². The number of carbonyl (C=O) groups is 1. The van der Waals surface area contributed by atoms with Gasteiger partial charge in [-0.2, -0.15) is 0 Å². The fourth-order valence-electron chi connectivity index (χ4n) is 1.19. The van der Waals surface area contributed by atoms with Crippen LogP contribution in [0.5, 0.6) is 0 Å².